The molecule has 0 amide bonds. The van der Waals surface area contributed by atoms with Crippen LogP contribution in [0.3, 0.4) is 0 Å². The first kappa shape index (κ1) is 10.5. The third-order valence-electron chi connectivity index (χ3n) is 1.68. The topological polar surface area (TPSA) is 58.6 Å². The maximum Gasteiger partial charge on any atom is 0.354 e. The van der Waals surface area contributed by atoms with Crippen LogP contribution in [0.5, 0.6) is 0 Å². The normalized spacial score (nSPS) is 26.1. The van der Waals surface area contributed by atoms with E-state index in [1.54, 1.807) is 19.1 Å². The van der Waals surface area contributed by atoms with E-state index in [0.717, 1.165) is 5.70 Å². The average molecular weight is 203 g/mol. The van der Waals surface area contributed by atoms with Gasteiger partial charge in [-0.2, -0.15) is 0 Å². The Morgan fingerprint density at radius 1 is 1.77 bits per heavy atom. The Balaban J connectivity index is 2.69. The molecule has 74 valence electrons. The molecule has 13 heavy (non-hydrogen) atoms. The van der Waals surface area contributed by atoms with Crippen LogP contribution in [0.1, 0.15) is 13.8 Å². The Morgan fingerprint density at radius 3 is 3.00 bits per heavy atom. The molecule has 1 aliphatic heterocycles. The van der Waals surface area contributed by atoms with Crippen LogP contribution in [0.4, 0.5) is 0 Å². The molecule has 0 aromatic heterocycles. The largest absolute Gasteiger partial charge is 0.372 e. The first-order valence-electron chi connectivity index (χ1n) is 4.15. The van der Waals surface area contributed by atoms with E-state index in [9.17, 15) is 9.46 Å². The van der Waals surface area contributed by atoms with E-state index < -0.39 is 13.4 Å². The van der Waals surface area contributed by atoms with Crippen molar-refractivity contribution in [3.05, 3.63) is 23.9 Å². The van der Waals surface area contributed by atoms with Gasteiger partial charge in [0, 0.05) is 5.70 Å². The van der Waals surface area contributed by atoms with Crippen molar-refractivity contribution in [2.45, 2.75) is 19.6 Å². The zero-order valence-corrected chi connectivity index (χ0v) is 8.62. The number of dihydropyridines is 1. The number of nitrogens with one attached hydrogen (secondary N) is 1. The van der Waals surface area contributed by atoms with Gasteiger partial charge in [-0.3, -0.25) is 4.57 Å². The zero-order chi connectivity index (χ0) is 9.90. The van der Waals surface area contributed by atoms with Gasteiger partial charge in [-0.1, -0.05) is 12.2 Å². The van der Waals surface area contributed by atoms with Gasteiger partial charge < -0.3 is 14.7 Å². The van der Waals surface area contributed by atoms with Gasteiger partial charge in [-0.05, 0) is 19.9 Å². The molecular weight excluding hydrogens is 189 g/mol. The minimum Gasteiger partial charge on any atom is -0.372 e. The molecule has 0 bridgehead atoms. The lowest BCUT2D eigenvalue weighted by atomic mass is 10.3. The minimum absolute atomic E-state index is 0.239. The predicted molar refractivity (Wildman–Crippen MR) is 51.3 cm³/mol. The lowest BCUT2D eigenvalue weighted by molar-refractivity contribution is 0.265. The molecule has 1 aliphatic rings. The van der Waals surface area contributed by atoms with Gasteiger partial charge >= 0.3 is 7.60 Å². The molecule has 0 spiro atoms. The Labute approximate surface area is 77.8 Å². The smallest absolute Gasteiger partial charge is 0.354 e. The second-order valence-corrected chi connectivity index (χ2v) is 4.75. The number of hydrogen-bond acceptors (Lipinski definition) is 3. The molecule has 0 aromatic carbocycles. The van der Waals surface area contributed by atoms with Crippen molar-refractivity contribution in [1.29, 1.82) is 0 Å². The monoisotopic (exact) mass is 203 g/mol. The van der Waals surface area contributed by atoms with Gasteiger partial charge in [-0.25, -0.2) is 0 Å². The van der Waals surface area contributed by atoms with Crippen LogP contribution < -0.4 is 5.32 Å². The van der Waals surface area contributed by atoms with Crippen LogP contribution >= 0.6 is 7.60 Å². The van der Waals surface area contributed by atoms with Gasteiger partial charge in [0.25, 0.3) is 0 Å². The molecule has 0 saturated heterocycles. The van der Waals surface area contributed by atoms with Crippen molar-refractivity contribution in [2.24, 2.45) is 0 Å². The maximum atomic E-state index is 11.5. The van der Waals surface area contributed by atoms with Crippen LogP contribution in [0, 0.1) is 0 Å². The molecule has 4 nitrogen and oxygen atoms in total. The first-order valence-corrected chi connectivity index (χ1v) is 5.79. The predicted octanol–water partition coefficient (Wildman–Crippen LogP) is 1.60. The molecule has 1 rings (SSSR count). The van der Waals surface area contributed by atoms with Crippen molar-refractivity contribution in [2.75, 3.05) is 6.61 Å². The maximum absolute atomic E-state index is 11.5. The lowest BCUT2D eigenvalue weighted by Gasteiger charge is -2.23. The highest BCUT2D eigenvalue weighted by Gasteiger charge is 2.30. The first-order chi connectivity index (χ1) is 6.06. The molecule has 0 aromatic rings. The standard InChI is InChI=1S/C8H14NO3P/c1-3-12-13(10,11)8-6-4-5-7(2)9-8/h4-6,8-9H,3H2,1-2H3,(H,10,11). The average Bonchev–Trinajstić information content (AvgIpc) is 2.04. The fourth-order valence-electron chi connectivity index (χ4n) is 1.09. The van der Waals surface area contributed by atoms with Crippen molar-refractivity contribution in [3.63, 3.8) is 0 Å². The zero-order valence-electron chi connectivity index (χ0n) is 7.73. The molecule has 0 radical (unpaired) electrons. The molecule has 2 atom stereocenters. The van der Waals surface area contributed by atoms with E-state index in [1.165, 1.54) is 0 Å². The van der Waals surface area contributed by atoms with Gasteiger partial charge in [0.1, 0.15) is 5.78 Å². The SMILES string of the molecule is CCOP(=O)(O)C1C=CC=C(C)N1. The molecule has 0 aliphatic carbocycles. The summed E-state index contributed by atoms with van der Waals surface area (Å²) < 4.78 is 16.3. The van der Waals surface area contributed by atoms with E-state index in [1.807, 2.05) is 13.0 Å². The Morgan fingerprint density at radius 2 is 2.46 bits per heavy atom. The van der Waals surface area contributed by atoms with E-state index in [0.29, 0.717) is 0 Å². The number of hydrogen-bond donors (Lipinski definition) is 2. The second kappa shape index (κ2) is 4.09. The van der Waals surface area contributed by atoms with E-state index in [-0.39, 0.29) is 6.61 Å². The van der Waals surface area contributed by atoms with Crippen molar-refractivity contribution in [3.8, 4) is 0 Å². The minimum atomic E-state index is -3.54. The Kier molecular flexibility index (Phi) is 3.31. The van der Waals surface area contributed by atoms with Crippen LogP contribution in [0.25, 0.3) is 0 Å². The van der Waals surface area contributed by atoms with Crippen LogP contribution in [0.2, 0.25) is 0 Å². The quantitative estimate of drug-likeness (QED) is 0.684. The van der Waals surface area contributed by atoms with Gasteiger partial charge in [0.2, 0.25) is 0 Å². The third-order valence-corrected chi connectivity index (χ3v) is 3.31. The van der Waals surface area contributed by atoms with Gasteiger partial charge in [0.05, 0.1) is 6.61 Å². The molecule has 5 heteroatoms. The molecular formula is C8H14NO3P. The molecule has 2 N–H and O–H groups in total. The van der Waals surface area contributed by atoms with Crippen LogP contribution in [-0.2, 0) is 9.09 Å². The molecule has 2 unspecified atom stereocenters. The highest BCUT2D eigenvalue weighted by atomic mass is 31.2. The van der Waals surface area contributed by atoms with Crippen molar-refractivity contribution < 1.29 is 14.0 Å². The fraction of sp³-hybridized carbons (Fsp3) is 0.500. The summed E-state index contributed by atoms with van der Waals surface area (Å²) in [7, 11) is -3.54. The van der Waals surface area contributed by atoms with Crippen LogP contribution in [-0.4, -0.2) is 17.3 Å². The summed E-state index contributed by atoms with van der Waals surface area (Å²) in [6.45, 7) is 3.77. The van der Waals surface area contributed by atoms with Gasteiger partial charge in [0.15, 0.2) is 0 Å². The third kappa shape index (κ3) is 2.69. The van der Waals surface area contributed by atoms with E-state index in [4.69, 9.17) is 4.52 Å². The molecule has 0 fully saturated rings. The summed E-state index contributed by atoms with van der Waals surface area (Å²) in [5.41, 5.74) is 0.862. The Hall–Kier alpha value is -0.570. The fourth-order valence-corrected chi connectivity index (χ4v) is 2.30. The van der Waals surface area contributed by atoms with Crippen molar-refractivity contribution >= 4 is 7.60 Å². The highest BCUT2D eigenvalue weighted by Crippen LogP contribution is 2.47. The van der Waals surface area contributed by atoms with Crippen molar-refractivity contribution in [1.82, 2.24) is 5.32 Å². The van der Waals surface area contributed by atoms with Crippen LogP contribution in [0.15, 0.2) is 23.9 Å². The Bertz CT molecular complexity index is 285. The summed E-state index contributed by atoms with van der Waals surface area (Å²) in [4.78, 5) is 9.45. The molecule has 0 saturated carbocycles. The summed E-state index contributed by atoms with van der Waals surface area (Å²) in [6.07, 6.45) is 5.21. The summed E-state index contributed by atoms with van der Waals surface area (Å²) in [6, 6.07) is 0. The second-order valence-electron chi connectivity index (χ2n) is 2.81. The van der Waals surface area contributed by atoms with E-state index in [2.05, 4.69) is 5.32 Å². The summed E-state index contributed by atoms with van der Waals surface area (Å²) >= 11 is 0. The van der Waals surface area contributed by atoms with E-state index >= 15 is 0 Å². The number of rotatable bonds is 3. The lowest BCUT2D eigenvalue weighted by Crippen LogP contribution is -2.28. The summed E-state index contributed by atoms with van der Waals surface area (Å²) in [5, 5.41) is 2.88. The summed E-state index contributed by atoms with van der Waals surface area (Å²) in [5.74, 6) is -0.613. The number of allylic oxidation sites excluding steroid dienone is 3. The van der Waals surface area contributed by atoms with Gasteiger partial charge in [-0.15, -0.1) is 0 Å². The molecule has 1 heterocycles. The highest BCUT2D eigenvalue weighted by molar-refractivity contribution is 7.53.